The molecule has 2 heteroatoms. The predicted molar refractivity (Wildman–Crippen MR) is 56.2 cm³/mol. The van der Waals surface area contributed by atoms with E-state index in [9.17, 15) is 0 Å². The molecule has 1 rings (SSSR count). The molecule has 0 spiro atoms. The van der Waals surface area contributed by atoms with Gasteiger partial charge in [-0.15, -0.1) is 0 Å². The molecule has 0 aliphatic rings. The molecule has 0 aliphatic carbocycles. The fraction of sp³-hybridized carbons (Fsp3) is 0.400. The topological polar surface area (TPSA) is 26.0 Å². The Morgan fingerprint density at radius 2 is 1.83 bits per heavy atom. The SMILES string of the molecule is Cc1c(Br)ccc([C@@H](C)N)c1C. The van der Waals surface area contributed by atoms with E-state index >= 15 is 0 Å². The van der Waals surface area contributed by atoms with Crippen LogP contribution in [0.5, 0.6) is 0 Å². The summed E-state index contributed by atoms with van der Waals surface area (Å²) in [6, 6.07) is 4.26. The van der Waals surface area contributed by atoms with Crippen molar-refractivity contribution in [2.24, 2.45) is 5.73 Å². The van der Waals surface area contributed by atoms with Gasteiger partial charge in [0, 0.05) is 10.5 Å². The van der Waals surface area contributed by atoms with Crippen LogP contribution in [0.15, 0.2) is 16.6 Å². The number of benzene rings is 1. The third-order valence-electron chi connectivity index (χ3n) is 2.25. The first-order valence-electron chi connectivity index (χ1n) is 4.05. The van der Waals surface area contributed by atoms with Crippen LogP contribution in [0, 0.1) is 13.8 Å². The van der Waals surface area contributed by atoms with Crippen molar-refractivity contribution in [1.82, 2.24) is 0 Å². The molecule has 0 amide bonds. The van der Waals surface area contributed by atoms with Gasteiger partial charge in [-0.3, -0.25) is 0 Å². The van der Waals surface area contributed by atoms with Crippen LogP contribution in [-0.4, -0.2) is 0 Å². The molecule has 2 N–H and O–H groups in total. The normalized spacial score (nSPS) is 13.1. The highest BCUT2D eigenvalue weighted by Gasteiger charge is 2.06. The second-order valence-electron chi connectivity index (χ2n) is 3.18. The molecule has 0 aromatic heterocycles. The first-order chi connectivity index (χ1) is 5.54. The van der Waals surface area contributed by atoms with Crippen molar-refractivity contribution >= 4 is 15.9 Å². The van der Waals surface area contributed by atoms with E-state index < -0.39 is 0 Å². The molecule has 66 valence electrons. The first kappa shape index (κ1) is 9.75. The summed E-state index contributed by atoms with van der Waals surface area (Å²) in [6.45, 7) is 6.22. The maximum absolute atomic E-state index is 5.82. The summed E-state index contributed by atoms with van der Waals surface area (Å²) >= 11 is 3.49. The van der Waals surface area contributed by atoms with Crippen LogP contribution in [0.3, 0.4) is 0 Å². The summed E-state index contributed by atoms with van der Waals surface area (Å²) in [7, 11) is 0. The number of halogens is 1. The quantitative estimate of drug-likeness (QED) is 0.785. The molecule has 0 bridgehead atoms. The molecule has 0 saturated carbocycles. The molecule has 0 heterocycles. The molecular weight excluding hydrogens is 214 g/mol. The molecule has 1 nitrogen and oxygen atoms in total. The summed E-state index contributed by atoms with van der Waals surface area (Å²) in [5, 5.41) is 0. The molecule has 0 aliphatic heterocycles. The Bertz CT molecular complexity index is 292. The van der Waals surface area contributed by atoms with E-state index in [1.807, 2.05) is 6.92 Å². The van der Waals surface area contributed by atoms with Gasteiger partial charge in [-0.2, -0.15) is 0 Å². The van der Waals surface area contributed by atoms with Gasteiger partial charge >= 0.3 is 0 Å². The number of nitrogens with two attached hydrogens (primary N) is 1. The highest BCUT2D eigenvalue weighted by Crippen LogP contribution is 2.25. The van der Waals surface area contributed by atoms with Gasteiger partial charge in [-0.05, 0) is 43.5 Å². The fourth-order valence-electron chi connectivity index (χ4n) is 1.30. The van der Waals surface area contributed by atoms with Crippen molar-refractivity contribution in [3.05, 3.63) is 33.3 Å². The zero-order valence-corrected chi connectivity index (χ0v) is 9.27. The lowest BCUT2D eigenvalue weighted by Crippen LogP contribution is -2.07. The smallest absolute Gasteiger partial charge is 0.0268 e. The molecule has 1 aromatic carbocycles. The van der Waals surface area contributed by atoms with E-state index in [4.69, 9.17) is 5.73 Å². The summed E-state index contributed by atoms with van der Waals surface area (Å²) in [5.74, 6) is 0. The first-order valence-corrected chi connectivity index (χ1v) is 4.84. The molecule has 12 heavy (non-hydrogen) atoms. The minimum atomic E-state index is 0.122. The molecule has 1 aromatic rings. The van der Waals surface area contributed by atoms with Gasteiger partial charge in [0.1, 0.15) is 0 Å². The maximum Gasteiger partial charge on any atom is 0.0268 e. The Hall–Kier alpha value is -0.340. The van der Waals surface area contributed by atoms with Crippen LogP contribution in [0.2, 0.25) is 0 Å². The van der Waals surface area contributed by atoms with Gasteiger partial charge in [0.25, 0.3) is 0 Å². The van der Waals surface area contributed by atoms with Crippen LogP contribution in [0.25, 0.3) is 0 Å². The minimum absolute atomic E-state index is 0.122. The van der Waals surface area contributed by atoms with Crippen LogP contribution in [0.4, 0.5) is 0 Å². The molecule has 1 atom stereocenters. The maximum atomic E-state index is 5.82. The summed E-state index contributed by atoms with van der Waals surface area (Å²) in [4.78, 5) is 0. The van der Waals surface area contributed by atoms with Gasteiger partial charge < -0.3 is 5.73 Å². The third-order valence-corrected chi connectivity index (χ3v) is 3.11. The summed E-state index contributed by atoms with van der Waals surface area (Å²) < 4.78 is 1.16. The van der Waals surface area contributed by atoms with E-state index in [2.05, 4.69) is 41.9 Å². The monoisotopic (exact) mass is 227 g/mol. The van der Waals surface area contributed by atoms with Crippen molar-refractivity contribution < 1.29 is 0 Å². The van der Waals surface area contributed by atoms with Gasteiger partial charge in [0.05, 0.1) is 0 Å². The lowest BCUT2D eigenvalue weighted by Gasteiger charge is -2.12. The molecule has 0 radical (unpaired) electrons. The Kier molecular flexibility index (Phi) is 2.91. The number of hydrogen-bond acceptors (Lipinski definition) is 1. The Balaban J connectivity index is 3.27. The molecule has 0 fully saturated rings. The standard InChI is InChI=1S/C10H14BrN/c1-6-7(2)10(11)5-4-9(6)8(3)12/h4-5,8H,12H2,1-3H3/t8-/m1/s1. The molecule has 0 unspecified atom stereocenters. The highest BCUT2D eigenvalue weighted by atomic mass is 79.9. The van der Waals surface area contributed by atoms with Gasteiger partial charge in [-0.1, -0.05) is 22.0 Å². The van der Waals surface area contributed by atoms with Gasteiger partial charge in [0.15, 0.2) is 0 Å². The summed E-state index contributed by atoms with van der Waals surface area (Å²) in [5.41, 5.74) is 9.62. The molecular formula is C10H14BrN. The number of hydrogen-bond donors (Lipinski definition) is 1. The Morgan fingerprint density at radius 1 is 1.25 bits per heavy atom. The second kappa shape index (κ2) is 3.58. The summed E-state index contributed by atoms with van der Waals surface area (Å²) in [6.07, 6.45) is 0. The van der Waals surface area contributed by atoms with Crippen molar-refractivity contribution in [2.75, 3.05) is 0 Å². The third kappa shape index (κ3) is 1.70. The lowest BCUT2D eigenvalue weighted by atomic mass is 9.99. The molecule has 0 saturated heterocycles. The van der Waals surface area contributed by atoms with E-state index in [1.54, 1.807) is 0 Å². The zero-order chi connectivity index (χ0) is 9.30. The zero-order valence-electron chi connectivity index (χ0n) is 7.69. The van der Waals surface area contributed by atoms with Crippen molar-refractivity contribution in [2.45, 2.75) is 26.8 Å². The van der Waals surface area contributed by atoms with Crippen molar-refractivity contribution in [1.29, 1.82) is 0 Å². The van der Waals surface area contributed by atoms with E-state index in [0.29, 0.717) is 0 Å². The lowest BCUT2D eigenvalue weighted by molar-refractivity contribution is 0.807. The van der Waals surface area contributed by atoms with Crippen molar-refractivity contribution in [3.8, 4) is 0 Å². The van der Waals surface area contributed by atoms with Crippen molar-refractivity contribution in [3.63, 3.8) is 0 Å². The van der Waals surface area contributed by atoms with E-state index in [-0.39, 0.29) is 6.04 Å². The van der Waals surface area contributed by atoms with Crippen LogP contribution in [0.1, 0.15) is 29.7 Å². The van der Waals surface area contributed by atoms with E-state index in [1.165, 1.54) is 16.7 Å². The van der Waals surface area contributed by atoms with Crippen LogP contribution < -0.4 is 5.73 Å². The van der Waals surface area contributed by atoms with E-state index in [0.717, 1.165) is 4.47 Å². The fourth-order valence-corrected chi connectivity index (χ4v) is 1.73. The Morgan fingerprint density at radius 3 is 2.33 bits per heavy atom. The second-order valence-corrected chi connectivity index (χ2v) is 4.03. The predicted octanol–water partition coefficient (Wildman–Crippen LogP) is 3.09. The highest BCUT2D eigenvalue weighted by molar-refractivity contribution is 9.10. The largest absolute Gasteiger partial charge is 0.324 e. The Labute approximate surface area is 82.1 Å². The average molecular weight is 228 g/mol. The average Bonchev–Trinajstić information content (AvgIpc) is 2.00. The van der Waals surface area contributed by atoms with Crippen LogP contribution >= 0.6 is 15.9 Å². The van der Waals surface area contributed by atoms with Gasteiger partial charge in [0.2, 0.25) is 0 Å². The van der Waals surface area contributed by atoms with Gasteiger partial charge in [-0.25, -0.2) is 0 Å². The van der Waals surface area contributed by atoms with Crippen LogP contribution in [-0.2, 0) is 0 Å². The number of rotatable bonds is 1. The minimum Gasteiger partial charge on any atom is -0.324 e.